The largest absolute Gasteiger partial charge is 1.00 e. The van der Waals surface area contributed by atoms with Crippen molar-refractivity contribution in [3.63, 3.8) is 0 Å². The molecule has 1 fully saturated rings. The molecule has 6 nitrogen and oxygen atoms in total. The van der Waals surface area contributed by atoms with E-state index in [-0.39, 0.29) is 40.1 Å². The molecule has 0 unspecified atom stereocenters. The minimum Gasteiger partial charge on any atom is -0.510 e. The third kappa shape index (κ3) is 17.3. The Kier molecular flexibility index (Phi) is 20.6. The number of likely N-dealkylation sites (N-methyl/N-ethyl adjacent to an activating group) is 1. The third-order valence-electron chi connectivity index (χ3n) is 5.52. The van der Waals surface area contributed by atoms with Crippen molar-refractivity contribution in [3.05, 3.63) is 92.0 Å². The number of thioether (sulfide) groups is 1. The summed E-state index contributed by atoms with van der Waals surface area (Å²) in [5.41, 5.74) is 1.96. The number of methoxy groups -OCH3 is 2. The number of nitrogens with zero attached hydrogens (tertiary/aromatic N) is 2. The molecule has 2 aromatic rings. The van der Waals surface area contributed by atoms with Crippen LogP contribution in [0.5, 0.6) is 11.5 Å². The quantitative estimate of drug-likeness (QED) is 0.140. The fourth-order valence-corrected chi connectivity index (χ4v) is 6.16. The molecule has 4 rings (SSSR count). The molecule has 2 aliphatic rings. The van der Waals surface area contributed by atoms with Gasteiger partial charge in [-0.3, -0.25) is 0 Å². The first-order valence-corrected chi connectivity index (χ1v) is 15.7. The molecule has 0 bridgehead atoms. The third-order valence-corrected chi connectivity index (χ3v) is 9.07. The molecule has 212 valence electrons. The van der Waals surface area contributed by atoms with Crippen LogP contribution in [-0.4, -0.2) is 90.2 Å². The molecule has 0 radical (unpaired) electrons. The van der Waals surface area contributed by atoms with Crippen LogP contribution in [0.4, 0.5) is 0 Å². The summed E-state index contributed by atoms with van der Waals surface area (Å²) >= 11 is 1.66. The molecule has 0 spiro atoms. The molecule has 0 aromatic heterocycles. The Balaban J connectivity index is 0.000000333. The van der Waals surface area contributed by atoms with Crippen LogP contribution in [0.25, 0.3) is 0 Å². The molecule has 2 aliphatic heterocycles. The van der Waals surface area contributed by atoms with Gasteiger partial charge in [-0.25, -0.2) is 0 Å². The molecule has 1 saturated heterocycles. The summed E-state index contributed by atoms with van der Waals surface area (Å²) in [6, 6.07) is 15.3. The number of ether oxygens (including phenoxy) is 4. The monoisotopic (exact) mass is 659 g/mol. The van der Waals surface area contributed by atoms with Gasteiger partial charge in [0.15, 0.2) is 0 Å². The van der Waals surface area contributed by atoms with E-state index in [0.29, 0.717) is 13.2 Å². The van der Waals surface area contributed by atoms with E-state index in [4.69, 9.17) is 18.9 Å². The van der Waals surface area contributed by atoms with Gasteiger partial charge in [0.2, 0.25) is 0 Å². The topological polar surface area (TPSA) is 43.4 Å². The van der Waals surface area contributed by atoms with Gasteiger partial charge in [-0.1, -0.05) is 0 Å². The number of hydrogen-bond donors (Lipinski definition) is 0. The fraction of sp³-hybridized carbons (Fsp3) is 0.400. The van der Waals surface area contributed by atoms with Crippen LogP contribution in [0, 0.1) is 19.3 Å². The van der Waals surface area contributed by atoms with Crippen molar-refractivity contribution in [3.8, 4) is 11.5 Å². The van der Waals surface area contributed by atoms with Crippen LogP contribution in [-0.2, 0) is 9.47 Å². The number of halogens is 1. The van der Waals surface area contributed by atoms with Crippen molar-refractivity contribution in [2.24, 2.45) is 0 Å². The molecule has 2 heterocycles. The van der Waals surface area contributed by atoms with Crippen LogP contribution in [0.2, 0.25) is 0 Å². The zero-order chi connectivity index (χ0) is 27.4. The van der Waals surface area contributed by atoms with Crippen molar-refractivity contribution >= 4 is 11.8 Å². The Hall–Kier alpha value is -1.22. The fourth-order valence-electron chi connectivity index (χ4n) is 3.31. The van der Waals surface area contributed by atoms with E-state index < -0.39 is 0 Å². The second-order valence-corrected chi connectivity index (χ2v) is 11.9. The molecule has 9 heteroatoms. The van der Waals surface area contributed by atoms with E-state index in [0.717, 1.165) is 55.5 Å². The first kappa shape index (κ1) is 35.8. The number of hydrogen-bond acceptors (Lipinski definition) is 7. The minimum absolute atomic E-state index is 0. The maximum absolute atomic E-state index is 5.64. The van der Waals surface area contributed by atoms with E-state index in [1.807, 2.05) is 48.5 Å². The molecular formula is C30H41ILiN2O4S-3. The molecular weight excluding hydrogens is 618 g/mol. The summed E-state index contributed by atoms with van der Waals surface area (Å²) in [5.74, 6) is 1.73. The smallest absolute Gasteiger partial charge is 0.510 e. The predicted molar refractivity (Wildman–Crippen MR) is 154 cm³/mol. The molecule has 2 aromatic carbocycles. The van der Waals surface area contributed by atoms with Crippen molar-refractivity contribution in [1.29, 1.82) is 0 Å². The SMILES string of the molecule is CN1CCN(CCOCCOCC2=CS[C-]=C[I-]2)CC1.[CH2-]c1cccc(OC)c1.[CH2-]c1cccc(OC)c1.[Li+]. The van der Waals surface area contributed by atoms with Crippen LogP contribution in [0.1, 0.15) is 11.1 Å². The van der Waals surface area contributed by atoms with Crippen molar-refractivity contribution < 1.29 is 59.0 Å². The summed E-state index contributed by atoms with van der Waals surface area (Å²) in [5, 5.41) is 5.31. The molecule has 0 atom stereocenters. The molecule has 0 saturated carbocycles. The minimum atomic E-state index is 0. The van der Waals surface area contributed by atoms with Crippen molar-refractivity contribution in [1.82, 2.24) is 9.80 Å². The average molecular weight is 660 g/mol. The molecule has 0 N–H and O–H groups in total. The van der Waals surface area contributed by atoms with Crippen LogP contribution < -0.4 is 49.5 Å². The van der Waals surface area contributed by atoms with Gasteiger partial charge in [-0.2, -0.15) is 37.1 Å². The van der Waals surface area contributed by atoms with Crippen molar-refractivity contribution in [2.45, 2.75) is 0 Å². The van der Waals surface area contributed by atoms with E-state index in [9.17, 15) is 0 Å². The Morgan fingerprint density at radius 3 is 1.95 bits per heavy atom. The van der Waals surface area contributed by atoms with Gasteiger partial charge in [0.25, 0.3) is 0 Å². The predicted octanol–water partition coefficient (Wildman–Crippen LogP) is -1.02. The van der Waals surface area contributed by atoms with E-state index in [1.54, 1.807) is 26.0 Å². The Labute approximate surface area is 262 Å². The Morgan fingerprint density at radius 2 is 1.46 bits per heavy atom. The van der Waals surface area contributed by atoms with Gasteiger partial charge < -0.3 is 9.47 Å². The van der Waals surface area contributed by atoms with E-state index in [1.165, 1.54) is 16.7 Å². The van der Waals surface area contributed by atoms with Gasteiger partial charge in [-0.15, -0.1) is 24.3 Å². The van der Waals surface area contributed by atoms with E-state index in [2.05, 4.69) is 45.6 Å². The summed E-state index contributed by atoms with van der Waals surface area (Å²) in [6.45, 7) is 16.2. The summed E-state index contributed by atoms with van der Waals surface area (Å²) in [6.07, 6.45) is 0. The van der Waals surface area contributed by atoms with Gasteiger partial charge in [0, 0.05) is 0 Å². The number of rotatable bonds is 10. The Morgan fingerprint density at radius 1 is 0.872 bits per heavy atom. The number of piperazine rings is 1. The van der Waals surface area contributed by atoms with Crippen LogP contribution >= 0.6 is 11.8 Å². The summed E-state index contributed by atoms with van der Waals surface area (Å²) in [4.78, 5) is 4.84. The van der Waals surface area contributed by atoms with E-state index >= 15 is 0 Å². The number of benzene rings is 2. The maximum Gasteiger partial charge on any atom is 1.00 e. The van der Waals surface area contributed by atoms with Crippen LogP contribution in [0.3, 0.4) is 0 Å². The first-order chi connectivity index (χ1) is 18.5. The van der Waals surface area contributed by atoms with Gasteiger partial charge >= 0.3 is 149 Å². The Bertz CT molecular complexity index is 926. The van der Waals surface area contributed by atoms with Crippen molar-refractivity contribution in [2.75, 3.05) is 80.4 Å². The van der Waals surface area contributed by atoms with Gasteiger partial charge in [-0.05, 0) is 19.2 Å². The van der Waals surface area contributed by atoms with Gasteiger partial charge in [0.1, 0.15) is 0 Å². The molecule has 0 amide bonds. The average Bonchev–Trinajstić information content (AvgIpc) is 2.95. The standard InChI is InChI=1S/C14H23IN2O2S.2C8H9O.Li/c1-16-3-5-17(6-4-16)7-8-18-9-10-19-12-14-13-20-11-2-15-14;2*1-7-4-3-5-8(6-7)9-2;/h2,13H,3-10,12H2,1H3;2*3-6H,1H2,2H3;/q-2;2*-1;+1. The molecule has 0 aliphatic carbocycles. The summed E-state index contributed by atoms with van der Waals surface area (Å²) < 4.78 is 24.8. The maximum atomic E-state index is 5.64. The zero-order valence-electron chi connectivity index (χ0n) is 23.9. The zero-order valence-corrected chi connectivity index (χ0v) is 26.8. The summed E-state index contributed by atoms with van der Waals surface area (Å²) in [7, 11) is 5.48. The second-order valence-electron chi connectivity index (χ2n) is 8.53. The normalized spacial score (nSPS) is 15.2. The first-order valence-electron chi connectivity index (χ1n) is 12.5. The van der Waals surface area contributed by atoms with Gasteiger partial charge in [0.05, 0.1) is 25.7 Å². The second kappa shape index (κ2) is 22.5. The van der Waals surface area contributed by atoms with Crippen LogP contribution in [0.15, 0.2) is 61.6 Å². The molecule has 39 heavy (non-hydrogen) atoms.